The molecule has 146 valence electrons. The summed E-state index contributed by atoms with van der Waals surface area (Å²) in [6, 6.07) is 0. The lowest BCUT2D eigenvalue weighted by Gasteiger charge is -2.16. The van der Waals surface area contributed by atoms with Crippen molar-refractivity contribution in [1.29, 1.82) is 0 Å². The van der Waals surface area contributed by atoms with Gasteiger partial charge in [-0.25, -0.2) is 0 Å². The highest BCUT2D eigenvalue weighted by Gasteiger charge is 2.17. The number of aliphatic imine (C=N–C) groups is 1. The molecule has 0 atom stereocenters. The number of amides is 1. The molecule has 1 aliphatic rings. The molecule has 1 fully saturated rings. The molecule has 1 aliphatic heterocycles. The molecule has 1 saturated heterocycles. The van der Waals surface area contributed by atoms with Crippen LogP contribution in [0.15, 0.2) is 4.99 Å². The second kappa shape index (κ2) is 15.0. The highest BCUT2D eigenvalue weighted by Crippen LogP contribution is 2.08. The molecule has 1 heterocycles. The summed E-state index contributed by atoms with van der Waals surface area (Å²) < 4.78 is 10.9. The molecule has 7 nitrogen and oxygen atoms in total. The molecule has 2 N–H and O–H groups in total. The van der Waals surface area contributed by atoms with Crippen molar-refractivity contribution in [3.05, 3.63) is 0 Å². The topological polar surface area (TPSA) is 75.2 Å². The minimum absolute atomic E-state index is 0.229. The zero-order chi connectivity index (χ0) is 18.2. The van der Waals surface area contributed by atoms with Gasteiger partial charge in [-0.2, -0.15) is 0 Å². The van der Waals surface area contributed by atoms with E-state index in [0.717, 1.165) is 57.9 Å². The number of ether oxygens (including phenoxy) is 2. The fourth-order valence-electron chi connectivity index (χ4n) is 2.54. The van der Waals surface area contributed by atoms with Gasteiger partial charge in [0.15, 0.2) is 5.96 Å². The van der Waals surface area contributed by atoms with E-state index in [-0.39, 0.29) is 5.91 Å². The summed E-state index contributed by atoms with van der Waals surface area (Å²) in [5.41, 5.74) is 0. The van der Waals surface area contributed by atoms with Crippen LogP contribution in [-0.2, 0) is 14.3 Å². The van der Waals surface area contributed by atoms with Crippen LogP contribution in [0.4, 0.5) is 0 Å². The van der Waals surface area contributed by atoms with Crippen LogP contribution in [-0.4, -0.2) is 75.9 Å². The first-order chi connectivity index (χ1) is 12.3. The average molecular weight is 357 g/mol. The summed E-state index contributed by atoms with van der Waals surface area (Å²) in [7, 11) is 0. The normalized spacial score (nSPS) is 14.8. The van der Waals surface area contributed by atoms with Gasteiger partial charge in [-0.3, -0.25) is 9.79 Å². The Bertz CT molecular complexity index is 371. The predicted octanol–water partition coefficient (Wildman–Crippen LogP) is 1.39. The zero-order valence-corrected chi connectivity index (χ0v) is 16.0. The maximum Gasteiger partial charge on any atom is 0.224 e. The minimum atomic E-state index is 0.229. The van der Waals surface area contributed by atoms with E-state index in [1.165, 1.54) is 0 Å². The van der Waals surface area contributed by atoms with Crippen molar-refractivity contribution in [2.45, 2.75) is 46.0 Å². The van der Waals surface area contributed by atoms with Crippen LogP contribution in [0.25, 0.3) is 0 Å². The molecule has 0 radical (unpaired) electrons. The van der Waals surface area contributed by atoms with Crippen molar-refractivity contribution in [2.75, 3.05) is 59.2 Å². The van der Waals surface area contributed by atoms with E-state index in [2.05, 4.69) is 22.5 Å². The van der Waals surface area contributed by atoms with E-state index in [9.17, 15) is 4.79 Å². The first kappa shape index (κ1) is 21.7. The number of unbranched alkanes of at least 4 members (excludes halogenated alkanes) is 1. The summed E-state index contributed by atoms with van der Waals surface area (Å²) >= 11 is 0. The summed E-state index contributed by atoms with van der Waals surface area (Å²) in [5, 5.41) is 6.40. The Hall–Kier alpha value is -1.34. The van der Waals surface area contributed by atoms with Gasteiger partial charge in [0.05, 0.1) is 26.4 Å². The van der Waals surface area contributed by atoms with Gasteiger partial charge in [-0.1, -0.05) is 13.3 Å². The number of guanidine groups is 1. The van der Waals surface area contributed by atoms with Crippen molar-refractivity contribution in [3.8, 4) is 0 Å². The average Bonchev–Trinajstić information content (AvgIpc) is 3.15. The Labute approximate surface area is 152 Å². The largest absolute Gasteiger partial charge is 0.379 e. The summed E-state index contributed by atoms with van der Waals surface area (Å²) in [6.45, 7) is 10.6. The van der Waals surface area contributed by atoms with Gasteiger partial charge in [-0.05, 0) is 26.2 Å². The molecule has 0 aromatic carbocycles. The molecule has 0 aromatic rings. The lowest BCUT2D eigenvalue weighted by Crippen LogP contribution is -2.40. The van der Waals surface area contributed by atoms with Crippen molar-refractivity contribution in [2.24, 2.45) is 4.99 Å². The lowest BCUT2D eigenvalue weighted by molar-refractivity contribution is -0.129. The van der Waals surface area contributed by atoms with E-state index in [0.29, 0.717) is 39.3 Å². The van der Waals surface area contributed by atoms with E-state index in [1.807, 2.05) is 11.8 Å². The molecule has 0 bridgehead atoms. The molecule has 7 heteroatoms. The molecule has 0 aromatic heterocycles. The van der Waals surface area contributed by atoms with Crippen LogP contribution in [0.3, 0.4) is 0 Å². The SMILES string of the molecule is CCCCOCCOCCN=C(NCC)NCCC(=O)N1CCCC1. The molecular formula is C18H36N4O3. The number of carbonyl (C=O) groups is 1. The molecule has 1 rings (SSSR count). The molecule has 0 aliphatic carbocycles. The monoisotopic (exact) mass is 356 g/mol. The smallest absolute Gasteiger partial charge is 0.224 e. The van der Waals surface area contributed by atoms with Gasteiger partial charge in [0.25, 0.3) is 0 Å². The summed E-state index contributed by atoms with van der Waals surface area (Å²) in [4.78, 5) is 18.4. The molecule has 0 spiro atoms. The summed E-state index contributed by atoms with van der Waals surface area (Å²) in [5.74, 6) is 0.965. The highest BCUT2D eigenvalue weighted by molar-refractivity contribution is 5.81. The fourth-order valence-corrected chi connectivity index (χ4v) is 2.54. The van der Waals surface area contributed by atoms with E-state index >= 15 is 0 Å². The van der Waals surface area contributed by atoms with Gasteiger partial charge in [0, 0.05) is 39.2 Å². The Morgan fingerprint density at radius 1 is 1.04 bits per heavy atom. The quantitative estimate of drug-likeness (QED) is 0.296. The Balaban J connectivity index is 2.08. The van der Waals surface area contributed by atoms with Gasteiger partial charge in [0.2, 0.25) is 5.91 Å². The second-order valence-corrected chi connectivity index (χ2v) is 6.10. The van der Waals surface area contributed by atoms with Gasteiger partial charge in [0.1, 0.15) is 0 Å². The number of likely N-dealkylation sites (tertiary alicyclic amines) is 1. The van der Waals surface area contributed by atoms with E-state index in [1.54, 1.807) is 0 Å². The van der Waals surface area contributed by atoms with Crippen LogP contribution >= 0.6 is 0 Å². The number of hydrogen-bond donors (Lipinski definition) is 2. The van der Waals surface area contributed by atoms with Crippen LogP contribution < -0.4 is 10.6 Å². The molecule has 25 heavy (non-hydrogen) atoms. The van der Waals surface area contributed by atoms with Gasteiger partial charge >= 0.3 is 0 Å². The number of carbonyl (C=O) groups excluding carboxylic acids is 1. The maximum absolute atomic E-state index is 12.0. The number of nitrogens with zero attached hydrogens (tertiary/aromatic N) is 2. The first-order valence-electron chi connectivity index (χ1n) is 9.73. The van der Waals surface area contributed by atoms with Crippen LogP contribution in [0.5, 0.6) is 0 Å². The standard InChI is InChI=1S/C18H36N4O3/c1-3-5-13-24-15-16-25-14-10-21-18(19-4-2)20-9-8-17(23)22-11-6-7-12-22/h3-16H2,1-2H3,(H2,19,20,21). The van der Waals surface area contributed by atoms with Crippen LogP contribution in [0.2, 0.25) is 0 Å². The summed E-state index contributed by atoms with van der Waals surface area (Å²) in [6.07, 6.45) is 5.03. The van der Waals surface area contributed by atoms with Crippen LogP contribution in [0, 0.1) is 0 Å². The van der Waals surface area contributed by atoms with Gasteiger partial charge < -0.3 is 25.0 Å². The Morgan fingerprint density at radius 3 is 2.44 bits per heavy atom. The Kier molecular flexibility index (Phi) is 13.0. The third-order valence-electron chi connectivity index (χ3n) is 3.95. The molecule has 1 amide bonds. The maximum atomic E-state index is 12.0. The Morgan fingerprint density at radius 2 is 1.76 bits per heavy atom. The van der Waals surface area contributed by atoms with E-state index < -0.39 is 0 Å². The van der Waals surface area contributed by atoms with Crippen molar-refractivity contribution >= 4 is 11.9 Å². The highest BCUT2D eigenvalue weighted by atomic mass is 16.5. The lowest BCUT2D eigenvalue weighted by atomic mass is 10.3. The molecular weight excluding hydrogens is 320 g/mol. The van der Waals surface area contributed by atoms with Crippen LogP contribution in [0.1, 0.15) is 46.0 Å². The fraction of sp³-hybridized carbons (Fsp3) is 0.889. The number of nitrogens with one attached hydrogen (secondary N) is 2. The predicted molar refractivity (Wildman–Crippen MR) is 101 cm³/mol. The first-order valence-corrected chi connectivity index (χ1v) is 9.73. The second-order valence-electron chi connectivity index (χ2n) is 6.10. The van der Waals surface area contributed by atoms with Crippen molar-refractivity contribution < 1.29 is 14.3 Å². The minimum Gasteiger partial charge on any atom is -0.379 e. The number of hydrogen-bond acceptors (Lipinski definition) is 4. The van der Waals surface area contributed by atoms with Crippen molar-refractivity contribution in [3.63, 3.8) is 0 Å². The number of rotatable bonds is 13. The van der Waals surface area contributed by atoms with Crippen molar-refractivity contribution in [1.82, 2.24) is 15.5 Å². The van der Waals surface area contributed by atoms with Gasteiger partial charge in [-0.15, -0.1) is 0 Å². The zero-order valence-electron chi connectivity index (χ0n) is 16.0. The third kappa shape index (κ3) is 11.0. The molecule has 0 unspecified atom stereocenters. The molecule has 0 saturated carbocycles. The third-order valence-corrected chi connectivity index (χ3v) is 3.95. The van der Waals surface area contributed by atoms with E-state index in [4.69, 9.17) is 9.47 Å².